The van der Waals surface area contributed by atoms with Crippen LogP contribution < -0.4 is 10.7 Å². The van der Waals surface area contributed by atoms with Gasteiger partial charge in [-0.1, -0.05) is 6.92 Å². The molecule has 116 valence electrons. The second kappa shape index (κ2) is 5.29. The molecule has 0 radical (unpaired) electrons. The van der Waals surface area contributed by atoms with Crippen molar-refractivity contribution in [2.24, 2.45) is 5.92 Å². The number of imide groups is 1. The molecule has 2 aliphatic heterocycles. The van der Waals surface area contributed by atoms with Crippen LogP contribution in [0.15, 0.2) is 0 Å². The summed E-state index contributed by atoms with van der Waals surface area (Å²) in [5, 5.41) is 3.60. The van der Waals surface area contributed by atoms with Crippen molar-refractivity contribution in [1.82, 2.24) is 15.8 Å². The zero-order valence-corrected chi connectivity index (χ0v) is 12.2. The van der Waals surface area contributed by atoms with E-state index in [4.69, 9.17) is 4.74 Å². The lowest BCUT2D eigenvalue weighted by Crippen LogP contribution is -2.53. The molecule has 0 aromatic carbocycles. The van der Waals surface area contributed by atoms with E-state index in [1.807, 2.05) is 0 Å². The second-order valence-corrected chi connectivity index (χ2v) is 6.31. The molecule has 3 aliphatic rings. The van der Waals surface area contributed by atoms with Gasteiger partial charge in [0.25, 0.3) is 11.8 Å². The van der Waals surface area contributed by atoms with Crippen molar-refractivity contribution in [2.75, 3.05) is 6.61 Å². The van der Waals surface area contributed by atoms with Crippen LogP contribution in [0.4, 0.5) is 4.79 Å². The molecule has 1 aliphatic carbocycles. The van der Waals surface area contributed by atoms with E-state index in [1.165, 1.54) is 0 Å². The Morgan fingerprint density at radius 1 is 1.33 bits per heavy atom. The normalized spacial score (nSPS) is 36.1. The Morgan fingerprint density at radius 3 is 2.67 bits per heavy atom. The minimum atomic E-state index is -0.826. The zero-order valence-electron chi connectivity index (χ0n) is 12.2. The molecule has 0 bridgehead atoms. The number of rotatable bonds is 2. The average molecular weight is 295 g/mol. The summed E-state index contributed by atoms with van der Waals surface area (Å²) in [5.41, 5.74) is 1.58. The molecule has 3 fully saturated rings. The lowest BCUT2D eigenvalue weighted by Gasteiger charge is -2.33. The standard InChI is InChI=1S/C14H21N3O4/c1-9-4-6-14(7-5-9)12(19)17(13(20)15-14)16-11(18)10-3-2-8-21-10/h9-10H,2-8H2,1H3,(H,15,20)(H,16,18)/t9?,10-,14?/m1/s1. The number of amides is 4. The summed E-state index contributed by atoms with van der Waals surface area (Å²) in [6, 6.07) is -0.541. The van der Waals surface area contributed by atoms with Crippen LogP contribution in [-0.2, 0) is 14.3 Å². The van der Waals surface area contributed by atoms with E-state index in [0.717, 1.165) is 24.3 Å². The Labute approximate surface area is 123 Å². The molecule has 2 N–H and O–H groups in total. The quantitative estimate of drug-likeness (QED) is 0.734. The van der Waals surface area contributed by atoms with Gasteiger partial charge in [0.1, 0.15) is 11.6 Å². The first-order valence-corrected chi connectivity index (χ1v) is 7.61. The third kappa shape index (κ3) is 2.50. The number of ether oxygens (including phenoxy) is 1. The highest BCUT2D eigenvalue weighted by Gasteiger charge is 2.53. The van der Waals surface area contributed by atoms with Crippen molar-refractivity contribution in [3.63, 3.8) is 0 Å². The van der Waals surface area contributed by atoms with E-state index in [9.17, 15) is 14.4 Å². The molecule has 0 aromatic heterocycles. The molecular formula is C14H21N3O4. The predicted octanol–water partition coefficient (Wildman–Crippen LogP) is 0.697. The smallest absolute Gasteiger partial charge is 0.344 e. The molecule has 1 atom stereocenters. The number of carbonyl (C=O) groups excluding carboxylic acids is 3. The Hall–Kier alpha value is -1.63. The number of hydrazine groups is 1. The van der Waals surface area contributed by atoms with Gasteiger partial charge in [-0.2, -0.15) is 5.01 Å². The third-order valence-electron chi connectivity index (χ3n) is 4.73. The fourth-order valence-corrected chi connectivity index (χ4v) is 3.28. The number of hydrogen-bond donors (Lipinski definition) is 2. The molecular weight excluding hydrogens is 274 g/mol. The van der Waals surface area contributed by atoms with E-state index >= 15 is 0 Å². The van der Waals surface area contributed by atoms with Crippen molar-refractivity contribution < 1.29 is 19.1 Å². The average Bonchev–Trinajstić information content (AvgIpc) is 3.06. The van der Waals surface area contributed by atoms with Crippen LogP contribution >= 0.6 is 0 Å². The van der Waals surface area contributed by atoms with Gasteiger partial charge in [-0.05, 0) is 44.4 Å². The zero-order chi connectivity index (χ0) is 15.0. The van der Waals surface area contributed by atoms with Crippen LogP contribution in [0.25, 0.3) is 0 Å². The van der Waals surface area contributed by atoms with E-state index in [0.29, 0.717) is 31.8 Å². The molecule has 2 heterocycles. The molecule has 7 nitrogen and oxygen atoms in total. The highest BCUT2D eigenvalue weighted by Crippen LogP contribution is 2.35. The van der Waals surface area contributed by atoms with Gasteiger partial charge in [-0.3, -0.25) is 15.0 Å². The number of nitrogens with one attached hydrogen (secondary N) is 2. The maximum Gasteiger partial charge on any atom is 0.344 e. The molecule has 0 aromatic rings. The van der Waals surface area contributed by atoms with Gasteiger partial charge in [0.15, 0.2) is 0 Å². The number of carbonyl (C=O) groups is 3. The van der Waals surface area contributed by atoms with Gasteiger partial charge in [-0.25, -0.2) is 4.79 Å². The topological polar surface area (TPSA) is 87.7 Å². The van der Waals surface area contributed by atoms with E-state index in [1.54, 1.807) is 0 Å². The third-order valence-corrected chi connectivity index (χ3v) is 4.73. The fraction of sp³-hybridized carbons (Fsp3) is 0.786. The van der Waals surface area contributed by atoms with Crippen molar-refractivity contribution in [1.29, 1.82) is 0 Å². The summed E-state index contributed by atoms with van der Waals surface area (Å²) in [7, 11) is 0. The van der Waals surface area contributed by atoms with Crippen molar-refractivity contribution in [3.8, 4) is 0 Å². The van der Waals surface area contributed by atoms with Gasteiger partial charge < -0.3 is 10.1 Å². The summed E-state index contributed by atoms with van der Waals surface area (Å²) in [4.78, 5) is 36.6. The Balaban J connectivity index is 1.67. The monoisotopic (exact) mass is 295 g/mol. The van der Waals surface area contributed by atoms with Gasteiger partial charge in [-0.15, -0.1) is 0 Å². The second-order valence-electron chi connectivity index (χ2n) is 6.31. The first-order chi connectivity index (χ1) is 10.0. The maximum absolute atomic E-state index is 12.5. The van der Waals surface area contributed by atoms with Gasteiger partial charge in [0.05, 0.1) is 0 Å². The minimum Gasteiger partial charge on any atom is -0.368 e. The lowest BCUT2D eigenvalue weighted by atomic mass is 9.77. The van der Waals surface area contributed by atoms with Gasteiger partial charge in [0, 0.05) is 6.61 Å². The van der Waals surface area contributed by atoms with E-state index in [2.05, 4.69) is 17.7 Å². The number of urea groups is 1. The van der Waals surface area contributed by atoms with Crippen LogP contribution in [0.3, 0.4) is 0 Å². The highest BCUT2D eigenvalue weighted by molar-refractivity contribution is 6.08. The van der Waals surface area contributed by atoms with Crippen LogP contribution in [-0.4, -0.2) is 41.1 Å². The van der Waals surface area contributed by atoms with E-state index in [-0.39, 0.29) is 5.91 Å². The Kier molecular flexibility index (Phi) is 3.61. The first-order valence-electron chi connectivity index (χ1n) is 7.61. The minimum absolute atomic E-state index is 0.342. The molecule has 3 rings (SSSR count). The van der Waals surface area contributed by atoms with Crippen LogP contribution in [0.1, 0.15) is 45.4 Å². The van der Waals surface area contributed by atoms with Crippen molar-refractivity contribution in [2.45, 2.75) is 57.1 Å². The van der Waals surface area contributed by atoms with Crippen molar-refractivity contribution >= 4 is 17.8 Å². The lowest BCUT2D eigenvalue weighted by molar-refractivity contribution is -0.143. The summed E-state index contributed by atoms with van der Waals surface area (Å²) in [6.07, 6.45) is 3.95. The molecule has 2 saturated heterocycles. The molecule has 0 unspecified atom stereocenters. The fourth-order valence-electron chi connectivity index (χ4n) is 3.28. The predicted molar refractivity (Wildman–Crippen MR) is 72.9 cm³/mol. The SMILES string of the molecule is CC1CCC2(CC1)NC(=O)N(NC(=O)[C@H]1CCCO1)C2=O. The molecule has 1 spiro atoms. The first kappa shape index (κ1) is 14.3. The summed E-state index contributed by atoms with van der Waals surface area (Å²) in [6.45, 7) is 2.69. The molecule has 7 heteroatoms. The Bertz CT molecular complexity index is 465. The maximum atomic E-state index is 12.5. The number of hydrogen-bond acceptors (Lipinski definition) is 4. The van der Waals surface area contributed by atoms with E-state index < -0.39 is 23.6 Å². The summed E-state index contributed by atoms with van der Waals surface area (Å²) in [5.74, 6) is -0.196. The highest BCUT2D eigenvalue weighted by atomic mass is 16.5. The molecule has 4 amide bonds. The van der Waals surface area contributed by atoms with Crippen LogP contribution in [0.5, 0.6) is 0 Å². The largest absolute Gasteiger partial charge is 0.368 e. The number of nitrogens with zero attached hydrogens (tertiary/aromatic N) is 1. The van der Waals surface area contributed by atoms with Crippen molar-refractivity contribution in [3.05, 3.63) is 0 Å². The Morgan fingerprint density at radius 2 is 2.05 bits per heavy atom. The van der Waals surface area contributed by atoms with Gasteiger partial charge >= 0.3 is 6.03 Å². The van der Waals surface area contributed by atoms with Crippen LogP contribution in [0.2, 0.25) is 0 Å². The van der Waals surface area contributed by atoms with Crippen LogP contribution in [0, 0.1) is 5.92 Å². The van der Waals surface area contributed by atoms with Gasteiger partial charge in [0.2, 0.25) is 0 Å². The summed E-state index contributed by atoms with van der Waals surface area (Å²) < 4.78 is 5.26. The molecule has 21 heavy (non-hydrogen) atoms. The molecule has 1 saturated carbocycles. The summed E-state index contributed by atoms with van der Waals surface area (Å²) >= 11 is 0.